The summed E-state index contributed by atoms with van der Waals surface area (Å²) in [4.78, 5) is 16.9. The summed E-state index contributed by atoms with van der Waals surface area (Å²) in [6.45, 7) is 3.73. The Morgan fingerprint density at radius 1 is 0.933 bits per heavy atom. The summed E-state index contributed by atoms with van der Waals surface area (Å²) in [6, 6.07) is 18.6. The summed E-state index contributed by atoms with van der Waals surface area (Å²) < 4.78 is 8.52. The van der Waals surface area contributed by atoms with Crippen LogP contribution in [-0.4, -0.2) is 20.7 Å². The first-order valence-corrected chi connectivity index (χ1v) is 10.1. The van der Waals surface area contributed by atoms with Crippen LogP contribution < -0.4 is 10.1 Å². The van der Waals surface area contributed by atoms with Crippen LogP contribution in [0, 0.1) is 13.8 Å². The average Bonchev–Trinajstić information content (AvgIpc) is 3.05. The number of aromatic nitrogens is 3. The number of benzene rings is 2. The van der Waals surface area contributed by atoms with Crippen LogP contribution in [-0.2, 0) is 0 Å². The molecule has 0 aliphatic carbocycles. The Balaban J connectivity index is 1.51. The third-order valence-electron chi connectivity index (χ3n) is 4.59. The molecular formula is C23H19BrN4O2. The molecule has 0 fully saturated rings. The number of ether oxygens (including phenoxy) is 1. The summed E-state index contributed by atoms with van der Waals surface area (Å²) in [5.74, 6) is 1.18. The molecule has 0 spiro atoms. The van der Waals surface area contributed by atoms with E-state index in [1.807, 2.05) is 38.1 Å². The molecule has 2 aromatic carbocycles. The fraction of sp³-hybridized carbons (Fsp3) is 0.0870. The highest BCUT2D eigenvalue weighted by molar-refractivity contribution is 9.10. The lowest BCUT2D eigenvalue weighted by atomic mass is 10.1. The molecule has 6 nitrogen and oxygen atoms in total. The maximum atomic E-state index is 12.9. The first-order valence-electron chi connectivity index (χ1n) is 9.33. The molecule has 2 aromatic heterocycles. The van der Waals surface area contributed by atoms with Gasteiger partial charge in [0.15, 0.2) is 0 Å². The number of hydrogen-bond donors (Lipinski definition) is 1. The molecule has 7 heteroatoms. The number of carbonyl (C=O) groups excluding carboxylic acids is 1. The number of rotatable bonds is 5. The van der Waals surface area contributed by atoms with E-state index in [1.54, 1.807) is 53.5 Å². The van der Waals surface area contributed by atoms with Crippen LogP contribution in [0.25, 0.3) is 5.69 Å². The molecule has 1 N–H and O–H groups in total. The molecular weight excluding hydrogens is 444 g/mol. The van der Waals surface area contributed by atoms with Gasteiger partial charge in [0, 0.05) is 22.6 Å². The maximum absolute atomic E-state index is 12.9. The number of nitrogens with zero attached hydrogens (tertiary/aromatic N) is 3. The van der Waals surface area contributed by atoms with E-state index in [9.17, 15) is 4.79 Å². The summed E-state index contributed by atoms with van der Waals surface area (Å²) >= 11 is 3.43. The first-order chi connectivity index (χ1) is 14.5. The smallest absolute Gasteiger partial charge is 0.259 e. The number of aryl methyl sites for hydroxylation is 1. The molecule has 2 heterocycles. The third kappa shape index (κ3) is 4.26. The van der Waals surface area contributed by atoms with Gasteiger partial charge in [0.2, 0.25) is 0 Å². The lowest BCUT2D eigenvalue weighted by molar-refractivity contribution is 0.102. The molecule has 4 rings (SSSR count). The standard InChI is InChI=1S/C23H19BrN4O2/c1-15-22(16(2)28(27-15)19-7-3-17(24)4-8-19)23(29)26-18-5-9-20(10-6-18)30-21-11-13-25-14-12-21/h3-14H,1-2H3,(H,26,29). The number of carbonyl (C=O) groups is 1. The molecule has 30 heavy (non-hydrogen) atoms. The number of nitrogens with one attached hydrogen (secondary N) is 1. The van der Waals surface area contributed by atoms with Crippen molar-refractivity contribution in [1.29, 1.82) is 0 Å². The lowest BCUT2D eigenvalue weighted by Gasteiger charge is -2.09. The zero-order chi connectivity index (χ0) is 21.1. The predicted octanol–water partition coefficient (Wildman–Crippen LogP) is 5.69. The van der Waals surface area contributed by atoms with Crippen LogP contribution in [0.2, 0.25) is 0 Å². The van der Waals surface area contributed by atoms with Crippen LogP contribution >= 0.6 is 15.9 Å². The summed E-state index contributed by atoms with van der Waals surface area (Å²) in [5, 5.41) is 7.49. The van der Waals surface area contributed by atoms with E-state index < -0.39 is 0 Å². The maximum Gasteiger partial charge on any atom is 0.259 e. The highest BCUT2D eigenvalue weighted by atomic mass is 79.9. The van der Waals surface area contributed by atoms with Crippen molar-refractivity contribution in [3.63, 3.8) is 0 Å². The Morgan fingerprint density at radius 3 is 2.23 bits per heavy atom. The van der Waals surface area contributed by atoms with Crippen molar-refractivity contribution in [2.75, 3.05) is 5.32 Å². The van der Waals surface area contributed by atoms with Crippen molar-refractivity contribution in [1.82, 2.24) is 14.8 Å². The van der Waals surface area contributed by atoms with Gasteiger partial charge in [-0.15, -0.1) is 0 Å². The molecule has 0 bridgehead atoms. The van der Waals surface area contributed by atoms with Crippen molar-refractivity contribution >= 4 is 27.5 Å². The minimum absolute atomic E-state index is 0.198. The van der Waals surface area contributed by atoms with E-state index in [2.05, 4.69) is 31.3 Å². The SMILES string of the molecule is Cc1nn(-c2ccc(Br)cc2)c(C)c1C(=O)Nc1ccc(Oc2ccncc2)cc1. The van der Waals surface area contributed by atoms with Crippen molar-refractivity contribution in [2.45, 2.75) is 13.8 Å². The van der Waals surface area contributed by atoms with E-state index in [0.717, 1.165) is 15.9 Å². The second kappa shape index (κ2) is 8.51. The van der Waals surface area contributed by atoms with Crippen molar-refractivity contribution in [3.8, 4) is 17.2 Å². The van der Waals surface area contributed by atoms with E-state index in [1.165, 1.54) is 0 Å². The van der Waals surface area contributed by atoms with Gasteiger partial charge in [0.25, 0.3) is 5.91 Å². The molecule has 0 saturated carbocycles. The minimum Gasteiger partial charge on any atom is -0.457 e. The number of pyridine rings is 1. The van der Waals surface area contributed by atoms with Gasteiger partial charge in [-0.1, -0.05) is 15.9 Å². The minimum atomic E-state index is -0.198. The van der Waals surface area contributed by atoms with Crippen LogP contribution in [0.15, 0.2) is 77.5 Å². The fourth-order valence-electron chi connectivity index (χ4n) is 3.15. The fourth-order valence-corrected chi connectivity index (χ4v) is 3.41. The molecule has 4 aromatic rings. The van der Waals surface area contributed by atoms with Crippen LogP contribution in [0.3, 0.4) is 0 Å². The highest BCUT2D eigenvalue weighted by Crippen LogP contribution is 2.24. The van der Waals surface area contributed by atoms with Crippen LogP contribution in [0.1, 0.15) is 21.7 Å². The Morgan fingerprint density at radius 2 is 1.57 bits per heavy atom. The molecule has 1 amide bonds. The first kappa shape index (κ1) is 19.8. The van der Waals surface area contributed by atoms with Gasteiger partial charge < -0.3 is 10.1 Å². The van der Waals surface area contributed by atoms with Gasteiger partial charge in [0.05, 0.1) is 22.6 Å². The van der Waals surface area contributed by atoms with Gasteiger partial charge in [-0.25, -0.2) is 4.68 Å². The zero-order valence-corrected chi connectivity index (χ0v) is 18.1. The Bertz CT molecular complexity index is 1170. The number of anilines is 1. The lowest BCUT2D eigenvalue weighted by Crippen LogP contribution is -2.14. The monoisotopic (exact) mass is 462 g/mol. The van der Waals surface area contributed by atoms with Crippen LogP contribution in [0.4, 0.5) is 5.69 Å². The molecule has 150 valence electrons. The van der Waals surface area contributed by atoms with E-state index >= 15 is 0 Å². The number of amides is 1. The Labute approximate surface area is 182 Å². The van der Waals surface area contributed by atoms with Gasteiger partial charge in [0.1, 0.15) is 11.5 Å². The Kier molecular flexibility index (Phi) is 5.63. The third-order valence-corrected chi connectivity index (χ3v) is 5.12. The second-order valence-corrected chi connectivity index (χ2v) is 7.61. The van der Waals surface area contributed by atoms with Crippen molar-refractivity contribution in [3.05, 3.63) is 94.5 Å². The predicted molar refractivity (Wildman–Crippen MR) is 119 cm³/mol. The van der Waals surface area contributed by atoms with Crippen molar-refractivity contribution in [2.24, 2.45) is 0 Å². The summed E-state index contributed by atoms with van der Waals surface area (Å²) in [5.41, 5.74) is 3.60. The van der Waals surface area contributed by atoms with E-state index in [4.69, 9.17) is 4.74 Å². The highest BCUT2D eigenvalue weighted by Gasteiger charge is 2.19. The Hall–Kier alpha value is -3.45. The summed E-state index contributed by atoms with van der Waals surface area (Å²) in [7, 11) is 0. The number of halogens is 1. The molecule has 0 unspecified atom stereocenters. The van der Waals surface area contributed by atoms with E-state index in [0.29, 0.717) is 28.4 Å². The van der Waals surface area contributed by atoms with Gasteiger partial charge in [-0.05, 0) is 74.5 Å². The number of hydrogen-bond acceptors (Lipinski definition) is 4. The molecule has 0 radical (unpaired) electrons. The normalized spacial score (nSPS) is 10.6. The molecule has 0 aliphatic heterocycles. The topological polar surface area (TPSA) is 69.0 Å². The molecule has 0 atom stereocenters. The summed E-state index contributed by atoms with van der Waals surface area (Å²) in [6.07, 6.45) is 3.34. The van der Waals surface area contributed by atoms with E-state index in [-0.39, 0.29) is 5.91 Å². The zero-order valence-electron chi connectivity index (χ0n) is 16.5. The van der Waals surface area contributed by atoms with Gasteiger partial charge in [-0.2, -0.15) is 5.10 Å². The average molecular weight is 463 g/mol. The molecule has 0 saturated heterocycles. The van der Waals surface area contributed by atoms with Crippen LogP contribution in [0.5, 0.6) is 11.5 Å². The van der Waals surface area contributed by atoms with Gasteiger partial charge in [-0.3, -0.25) is 9.78 Å². The van der Waals surface area contributed by atoms with Crippen molar-refractivity contribution < 1.29 is 9.53 Å². The quantitative estimate of drug-likeness (QED) is 0.413. The molecule has 0 aliphatic rings. The second-order valence-electron chi connectivity index (χ2n) is 6.70. The largest absolute Gasteiger partial charge is 0.457 e. The van der Waals surface area contributed by atoms with Gasteiger partial charge >= 0.3 is 0 Å².